The van der Waals surface area contributed by atoms with Crippen molar-refractivity contribution >= 4 is 5.91 Å². The molecular formula is C21H31N3O. The quantitative estimate of drug-likeness (QED) is 0.828. The maximum atomic E-state index is 13.4. The lowest BCUT2D eigenvalue weighted by Gasteiger charge is -2.49. The molecule has 6 rings (SSSR count). The van der Waals surface area contributed by atoms with E-state index in [-0.39, 0.29) is 11.3 Å². The van der Waals surface area contributed by atoms with Crippen LogP contribution in [0.2, 0.25) is 0 Å². The molecule has 3 unspecified atom stereocenters. The van der Waals surface area contributed by atoms with Crippen LogP contribution >= 0.6 is 0 Å². The fourth-order valence-electron chi connectivity index (χ4n) is 6.30. The Bertz CT molecular complexity index is 654. The van der Waals surface area contributed by atoms with Gasteiger partial charge in [-0.1, -0.05) is 19.3 Å². The number of hydrogen-bond donors (Lipinski definition) is 0. The zero-order chi connectivity index (χ0) is 17.0. The van der Waals surface area contributed by atoms with Crippen LogP contribution in [0.25, 0.3) is 0 Å². The molecule has 0 spiro atoms. The molecule has 2 bridgehead atoms. The summed E-state index contributed by atoms with van der Waals surface area (Å²) in [6, 6.07) is 3.29. The molecule has 4 nitrogen and oxygen atoms in total. The van der Waals surface area contributed by atoms with Crippen molar-refractivity contribution in [1.29, 1.82) is 0 Å². The minimum atomic E-state index is 0.0940. The largest absolute Gasteiger partial charge is 0.343 e. The van der Waals surface area contributed by atoms with Crippen LogP contribution in [0.15, 0.2) is 12.3 Å². The van der Waals surface area contributed by atoms with Crippen molar-refractivity contribution in [2.45, 2.75) is 88.1 Å². The van der Waals surface area contributed by atoms with Gasteiger partial charge < -0.3 is 4.90 Å². The molecule has 0 aliphatic heterocycles. The van der Waals surface area contributed by atoms with Crippen LogP contribution in [0.5, 0.6) is 0 Å². The standard InChI is InChI=1S/C21H31N3O/c1-23(16-6-3-2-4-7-16)20(25)19-15-10-12-21(19,14-15)18-11-13-22-24(18)17-8-5-9-17/h11,13,15-17,19H,2-10,12,14H2,1H3. The summed E-state index contributed by atoms with van der Waals surface area (Å²) in [6.45, 7) is 0. The van der Waals surface area contributed by atoms with Gasteiger partial charge >= 0.3 is 0 Å². The first-order chi connectivity index (χ1) is 12.2. The molecule has 5 saturated carbocycles. The highest BCUT2D eigenvalue weighted by Crippen LogP contribution is 2.64. The molecule has 3 atom stereocenters. The Morgan fingerprint density at radius 1 is 1.16 bits per heavy atom. The van der Waals surface area contributed by atoms with Crippen LogP contribution in [0, 0.1) is 11.8 Å². The topological polar surface area (TPSA) is 38.1 Å². The Balaban J connectivity index is 1.40. The van der Waals surface area contributed by atoms with E-state index in [1.807, 2.05) is 6.20 Å². The summed E-state index contributed by atoms with van der Waals surface area (Å²) in [4.78, 5) is 15.6. The third-order valence-electron chi connectivity index (χ3n) is 7.99. The van der Waals surface area contributed by atoms with Crippen molar-refractivity contribution in [3.63, 3.8) is 0 Å². The summed E-state index contributed by atoms with van der Waals surface area (Å²) >= 11 is 0. The minimum Gasteiger partial charge on any atom is -0.343 e. The van der Waals surface area contributed by atoms with E-state index in [1.165, 1.54) is 76.3 Å². The number of hydrogen-bond acceptors (Lipinski definition) is 2. The third-order valence-corrected chi connectivity index (χ3v) is 7.99. The summed E-state index contributed by atoms with van der Waals surface area (Å²) in [7, 11) is 2.08. The average Bonchev–Trinajstić information content (AvgIpc) is 3.27. The molecule has 5 aliphatic carbocycles. The third kappa shape index (κ3) is 2.25. The van der Waals surface area contributed by atoms with E-state index in [9.17, 15) is 4.79 Å². The van der Waals surface area contributed by atoms with E-state index in [0.717, 1.165) is 0 Å². The van der Waals surface area contributed by atoms with E-state index < -0.39 is 0 Å². The zero-order valence-electron chi connectivity index (χ0n) is 15.5. The van der Waals surface area contributed by atoms with Gasteiger partial charge in [0.15, 0.2) is 0 Å². The molecule has 1 heterocycles. The van der Waals surface area contributed by atoms with E-state index in [1.54, 1.807) is 0 Å². The highest BCUT2D eigenvalue weighted by Gasteiger charge is 2.64. The summed E-state index contributed by atoms with van der Waals surface area (Å²) in [5.41, 5.74) is 1.47. The van der Waals surface area contributed by atoms with Crippen LogP contribution in [0.1, 0.15) is 82.4 Å². The zero-order valence-corrected chi connectivity index (χ0v) is 15.5. The molecule has 25 heavy (non-hydrogen) atoms. The van der Waals surface area contributed by atoms with Crippen molar-refractivity contribution < 1.29 is 4.79 Å². The Labute approximate surface area is 151 Å². The van der Waals surface area contributed by atoms with Gasteiger partial charge in [0.25, 0.3) is 0 Å². The molecule has 1 amide bonds. The van der Waals surface area contributed by atoms with Crippen molar-refractivity contribution in [3.05, 3.63) is 18.0 Å². The van der Waals surface area contributed by atoms with Gasteiger partial charge in [-0.05, 0) is 63.4 Å². The van der Waals surface area contributed by atoms with Crippen LogP contribution < -0.4 is 0 Å². The van der Waals surface area contributed by atoms with Crippen LogP contribution in [-0.4, -0.2) is 33.7 Å². The Morgan fingerprint density at radius 2 is 1.96 bits per heavy atom. The van der Waals surface area contributed by atoms with E-state index in [2.05, 4.69) is 27.8 Å². The predicted octanol–water partition coefficient (Wildman–Crippen LogP) is 4.07. The Kier molecular flexibility index (Phi) is 3.72. The van der Waals surface area contributed by atoms with Crippen molar-refractivity contribution in [1.82, 2.24) is 14.7 Å². The van der Waals surface area contributed by atoms with Gasteiger partial charge in [0.1, 0.15) is 0 Å². The number of carbonyl (C=O) groups is 1. The van der Waals surface area contributed by atoms with Gasteiger partial charge in [-0.2, -0.15) is 5.10 Å². The summed E-state index contributed by atoms with van der Waals surface area (Å²) in [6.07, 6.45) is 15.8. The van der Waals surface area contributed by atoms with E-state index >= 15 is 0 Å². The van der Waals surface area contributed by atoms with Gasteiger partial charge in [-0.15, -0.1) is 0 Å². The van der Waals surface area contributed by atoms with Gasteiger partial charge in [-0.3, -0.25) is 9.48 Å². The second-order valence-corrected chi connectivity index (χ2v) is 9.12. The first-order valence-electron chi connectivity index (χ1n) is 10.5. The second-order valence-electron chi connectivity index (χ2n) is 9.12. The predicted molar refractivity (Wildman–Crippen MR) is 97.3 cm³/mol. The molecule has 136 valence electrons. The number of amides is 1. The van der Waals surface area contributed by atoms with Crippen LogP contribution in [0.4, 0.5) is 0 Å². The maximum absolute atomic E-state index is 13.4. The van der Waals surface area contributed by atoms with Crippen molar-refractivity contribution in [2.24, 2.45) is 11.8 Å². The number of nitrogens with zero attached hydrogens (tertiary/aromatic N) is 3. The highest BCUT2D eigenvalue weighted by molar-refractivity contribution is 5.83. The molecule has 4 heteroatoms. The number of aromatic nitrogens is 2. The molecule has 0 saturated heterocycles. The lowest BCUT2D eigenvalue weighted by atomic mass is 9.57. The molecule has 1 aromatic rings. The molecule has 0 radical (unpaired) electrons. The van der Waals surface area contributed by atoms with E-state index in [4.69, 9.17) is 0 Å². The highest BCUT2D eigenvalue weighted by atomic mass is 16.2. The van der Waals surface area contributed by atoms with Gasteiger partial charge in [0.05, 0.1) is 12.0 Å². The Hall–Kier alpha value is -1.32. The van der Waals surface area contributed by atoms with Crippen molar-refractivity contribution in [3.8, 4) is 0 Å². The first kappa shape index (κ1) is 15.9. The molecule has 5 aliphatic rings. The fraction of sp³-hybridized carbons (Fsp3) is 0.810. The normalized spacial score (nSPS) is 35.2. The molecule has 1 aromatic heterocycles. The number of fused-ring (bicyclic) bond motifs is 1. The average molecular weight is 341 g/mol. The maximum Gasteiger partial charge on any atom is 0.226 e. The molecule has 0 N–H and O–H groups in total. The van der Waals surface area contributed by atoms with E-state index in [0.29, 0.717) is 23.9 Å². The SMILES string of the molecule is CN(C(=O)C1C2CCC1(c1ccnn1C1CCC1)C2)C1CCCCC1. The number of rotatable bonds is 4. The van der Waals surface area contributed by atoms with Crippen LogP contribution in [0.3, 0.4) is 0 Å². The minimum absolute atomic E-state index is 0.0940. The van der Waals surface area contributed by atoms with Gasteiger partial charge in [0.2, 0.25) is 5.91 Å². The lowest BCUT2D eigenvalue weighted by molar-refractivity contribution is -0.145. The second kappa shape index (κ2) is 5.85. The van der Waals surface area contributed by atoms with Crippen molar-refractivity contribution in [2.75, 3.05) is 7.05 Å². The molecule has 5 fully saturated rings. The number of carbonyl (C=O) groups excluding carboxylic acids is 1. The lowest BCUT2D eigenvalue weighted by Crippen LogP contribution is -2.55. The van der Waals surface area contributed by atoms with Gasteiger partial charge in [-0.25, -0.2) is 0 Å². The summed E-state index contributed by atoms with van der Waals surface area (Å²) < 4.78 is 2.30. The Morgan fingerprint density at radius 3 is 2.64 bits per heavy atom. The monoisotopic (exact) mass is 341 g/mol. The summed E-state index contributed by atoms with van der Waals surface area (Å²) in [5.74, 6) is 1.26. The van der Waals surface area contributed by atoms with Gasteiger partial charge in [0, 0.05) is 30.4 Å². The molecular weight excluding hydrogens is 310 g/mol. The fourth-order valence-corrected chi connectivity index (χ4v) is 6.30. The smallest absolute Gasteiger partial charge is 0.226 e. The molecule has 0 aromatic carbocycles. The van der Waals surface area contributed by atoms with Crippen LogP contribution in [-0.2, 0) is 10.2 Å². The first-order valence-corrected chi connectivity index (χ1v) is 10.5. The summed E-state index contributed by atoms with van der Waals surface area (Å²) in [5, 5.41) is 4.67.